The van der Waals surface area contributed by atoms with Crippen molar-refractivity contribution in [1.82, 2.24) is 0 Å². The summed E-state index contributed by atoms with van der Waals surface area (Å²) in [6, 6.07) is -1.47. The molecule has 356 valence electrons. The molecule has 0 saturated carbocycles. The van der Waals surface area contributed by atoms with Gasteiger partial charge in [-0.1, -0.05) is 219 Å². The number of carboxylic acids is 1. The molecule has 0 aliphatic carbocycles. The van der Waals surface area contributed by atoms with Gasteiger partial charge in [-0.3, -0.25) is 18.6 Å². The lowest BCUT2D eigenvalue weighted by Crippen LogP contribution is -2.34. The molecule has 4 N–H and O–H groups in total. The van der Waals surface area contributed by atoms with Crippen molar-refractivity contribution in [2.45, 2.75) is 264 Å². The van der Waals surface area contributed by atoms with E-state index in [0.29, 0.717) is 13.0 Å². The van der Waals surface area contributed by atoms with Gasteiger partial charge in [0.1, 0.15) is 12.1 Å². The van der Waals surface area contributed by atoms with Gasteiger partial charge in [-0.05, 0) is 38.5 Å². The number of carbonyl (C=O) groups excluding carboxylic acids is 1. The summed E-state index contributed by atoms with van der Waals surface area (Å²) in [6.45, 7) is 3.92. The number of hydrogen-bond acceptors (Lipinski definition) is 8. The van der Waals surface area contributed by atoms with Crippen LogP contribution >= 0.6 is 7.82 Å². The highest BCUT2D eigenvalue weighted by Gasteiger charge is 2.27. The average Bonchev–Trinajstić information content (AvgIpc) is 3.23. The molecular weight excluding hydrogens is 778 g/mol. The van der Waals surface area contributed by atoms with Crippen molar-refractivity contribution >= 4 is 19.8 Å². The summed E-state index contributed by atoms with van der Waals surface area (Å²) in [7, 11) is -4.62. The fourth-order valence-electron chi connectivity index (χ4n) is 7.37. The van der Waals surface area contributed by atoms with Gasteiger partial charge in [0, 0.05) is 13.0 Å². The van der Waals surface area contributed by atoms with Crippen LogP contribution in [0.1, 0.15) is 251 Å². The second kappa shape index (κ2) is 45.7. The Bertz CT molecular complexity index is 1010. The maximum Gasteiger partial charge on any atom is 0.472 e. The monoisotopic (exact) mass is 874 g/mol. The maximum atomic E-state index is 12.7. The van der Waals surface area contributed by atoms with Gasteiger partial charge < -0.3 is 25.2 Å². The number of phosphoric ester groups is 1. The normalized spacial score (nSPS) is 13.8. The molecular formula is C49H96NO9P. The molecule has 0 fully saturated rings. The molecule has 0 bridgehead atoms. The van der Waals surface area contributed by atoms with Crippen molar-refractivity contribution < 1.29 is 42.7 Å². The molecule has 0 aliphatic rings. The first kappa shape index (κ1) is 58.7. The van der Waals surface area contributed by atoms with Gasteiger partial charge in [0.15, 0.2) is 0 Å². The lowest BCUT2D eigenvalue weighted by Gasteiger charge is -2.20. The quantitative estimate of drug-likeness (QED) is 0.0233. The zero-order valence-corrected chi connectivity index (χ0v) is 40.0. The number of hydrogen-bond donors (Lipinski definition) is 3. The summed E-state index contributed by atoms with van der Waals surface area (Å²) in [5.41, 5.74) is 5.37. The smallest absolute Gasteiger partial charge is 0.472 e. The standard InChI is InChI=1S/C49H96NO9P/c1-3-5-7-9-11-13-15-17-19-21-22-23-24-25-26-28-30-32-34-36-38-40-42-56-43-46(44-57-60(54,55)58-45-47(50)49(52)53)59-48(51)41-39-37-35-33-31-29-27-20-18-16-14-12-10-8-6-4-2/h20,27,46-47H,3-19,21-26,28-45,50H2,1-2H3,(H,52,53)(H,54,55)/b27-20-. The van der Waals surface area contributed by atoms with Gasteiger partial charge in [0.25, 0.3) is 0 Å². The van der Waals surface area contributed by atoms with Crippen LogP contribution in [0.25, 0.3) is 0 Å². The number of nitrogens with two attached hydrogens (primary N) is 1. The minimum absolute atomic E-state index is 0.0200. The lowest BCUT2D eigenvalue weighted by atomic mass is 10.0. The summed E-state index contributed by atoms with van der Waals surface area (Å²) >= 11 is 0. The zero-order valence-electron chi connectivity index (χ0n) is 39.1. The molecule has 0 amide bonds. The summed E-state index contributed by atoms with van der Waals surface area (Å²) in [5.74, 6) is -1.78. The first-order valence-electron chi connectivity index (χ1n) is 25.2. The Morgan fingerprint density at radius 2 is 0.867 bits per heavy atom. The molecule has 0 spiro atoms. The van der Waals surface area contributed by atoms with E-state index in [4.69, 9.17) is 29.4 Å². The van der Waals surface area contributed by atoms with E-state index in [9.17, 15) is 19.0 Å². The topological polar surface area (TPSA) is 155 Å². The van der Waals surface area contributed by atoms with Crippen LogP contribution in [0.2, 0.25) is 0 Å². The van der Waals surface area contributed by atoms with E-state index < -0.39 is 45.1 Å². The molecule has 11 heteroatoms. The van der Waals surface area contributed by atoms with Gasteiger partial charge in [-0.25, -0.2) is 4.57 Å². The molecule has 3 atom stereocenters. The molecule has 60 heavy (non-hydrogen) atoms. The maximum absolute atomic E-state index is 12.7. The Morgan fingerprint density at radius 3 is 1.27 bits per heavy atom. The van der Waals surface area contributed by atoms with E-state index in [1.165, 1.54) is 173 Å². The van der Waals surface area contributed by atoms with Gasteiger partial charge in [0.2, 0.25) is 0 Å². The first-order chi connectivity index (χ1) is 29.2. The van der Waals surface area contributed by atoms with E-state index in [1.54, 1.807) is 0 Å². The third kappa shape index (κ3) is 44.8. The summed E-state index contributed by atoms with van der Waals surface area (Å²) in [5, 5.41) is 8.92. The van der Waals surface area contributed by atoms with Crippen molar-refractivity contribution in [3.8, 4) is 0 Å². The number of rotatable bonds is 49. The molecule has 0 heterocycles. The van der Waals surface area contributed by atoms with E-state index >= 15 is 0 Å². The molecule has 0 aromatic carbocycles. The highest BCUT2D eigenvalue weighted by atomic mass is 31.2. The van der Waals surface area contributed by atoms with E-state index in [2.05, 4.69) is 26.0 Å². The number of allylic oxidation sites excluding steroid dienone is 2. The average molecular weight is 874 g/mol. The number of phosphoric acid groups is 1. The van der Waals surface area contributed by atoms with Gasteiger partial charge >= 0.3 is 19.8 Å². The predicted molar refractivity (Wildman–Crippen MR) is 249 cm³/mol. The number of aliphatic carboxylic acids is 1. The molecule has 0 aliphatic heterocycles. The molecule has 0 aromatic rings. The number of esters is 1. The van der Waals surface area contributed by atoms with Crippen LogP contribution in [0.4, 0.5) is 0 Å². The fourth-order valence-corrected chi connectivity index (χ4v) is 8.14. The molecule has 0 aromatic heterocycles. The Kier molecular flexibility index (Phi) is 44.7. The number of carboxylic acid groups (broad SMARTS) is 1. The number of carbonyl (C=O) groups is 2. The van der Waals surface area contributed by atoms with E-state index in [-0.39, 0.29) is 13.0 Å². The summed E-state index contributed by atoms with van der Waals surface area (Å²) in [6.07, 6.45) is 49.8. The zero-order chi connectivity index (χ0) is 44.0. The van der Waals surface area contributed by atoms with Crippen LogP contribution in [-0.4, -0.2) is 60.5 Å². The fraction of sp³-hybridized carbons (Fsp3) is 0.918. The highest BCUT2D eigenvalue weighted by molar-refractivity contribution is 7.47. The summed E-state index contributed by atoms with van der Waals surface area (Å²) in [4.78, 5) is 33.6. The van der Waals surface area contributed by atoms with Crippen LogP contribution < -0.4 is 5.73 Å². The lowest BCUT2D eigenvalue weighted by molar-refractivity contribution is -0.154. The SMILES string of the molecule is CCCCCCCCC/C=C\CCCCCCCC(=O)OC(COCCCCCCCCCCCCCCCCCCCCCCCC)COP(=O)(O)OCC(N)C(=O)O. The van der Waals surface area contributed by atoms with Crippen molar-refractivity contribution in [2.75, 3.05) is 26.4 Å². The van der Waals surface area contributed by atoms with Crippen LogP contribution in [0.3, 0.4) is 0 Å². The van der Waals surface area contributed by atoms with Gasteiger partial charge in [-0.2, -0.15) is 0 Å². The minimum atomic E-state index is -4.62. The van der Waals surface area contributed by atoms with E-state index in [1.807, 2.05) is 0 Å². The van der Waals surface area contributed by atoms with Crippen LogP contribution in [-0.2, 0) is 32.7 Å². The molecule has 0 radical (unpaired) electrons. The minimum Gasteiger partial charge on any atom is -0.480 e. The third-order valence-electron chi connectivity index (χ3n) is 11.3. The second-order valence-corrected chi connectivity index (χ2v) is 18.8. The molecule has 0 saturated heterocycles. The van der Waals surface area contributed by atoms with E-state index in [0.717, 1.165) is 51.4 Å². The second-order valence-electron chi connectivity index (χ2n) is 17.3. The van der Waals surface area contributed by atoms with Crippen molar-refractivity contribution in [3.63, 3.8) is 0 Å². The molecule has 10 nitrogen and oxygen atoms in total. The van der Waals surface area contributed by atoms with Crippen LogP contribution in [0, 0.1) is 0 Å². The van der Waals surface area contributed by atoms with Gasteiger partial charge in [0.05, 0.1) is 19.8 Å². The number of unbranched alkanes of at least 4 members (excludes halogenated alkanes) is 33. The highest BCUT2D eigenvalue weighted by Crippen LogP contribution is 2.43. The van der Waals surface area contributed by atoms with Crippen molar-refractivity contribution in [2.24, 2.45) is 5.73 Å². The molecule has 3 unspecified atom stereocenters. The van der Waals surface area contributed by atoms with Crippen LogP contribution in [0.5, 0.6) is 0 Å². The van der Waals surface area contributed by atoms with Gasteiger partial charge in [-0.15, -0.1) is 0 Å². The van der Waals surface area contributed by atoms with Crippen molar-refractivity contribution in [3.05, 3.63) is 12.2 Å². The Morgan fingerprint density at radius 1 is 0.517 bits per heavy atom. The third-order valence-corrected chi connectivity index (χ3v) is 12.2. The molecule has 0 rings (SSSR count). The number of ether oxygens (including phenoxy) is 2. The Balaban J connectivity index is 4.09. The Hall–Kier alpha value is -1.29. The first-order valence-corrected chi connectivity index (χ1v) is 26.7. The van der Waals surface area contributed by atoms with Crippen molar-refractivity contribution in [1.29, 1.82) is 0 Å². The Labute approximate surface area is 369 Å². The largest absolute Gasteiger partial charge is 0.480 e. The van der Waals surface area contributed by atoms with Crippen LogP contribution in [0.15, 0.2) is 12.2 Å². The predicted octanol–water partition coefficient (Wildman–Crippen LogP) is 14.5. The summed E-state index contributed by atoms with van der Waals surface area (Å²) < 4.78 is 33.5.